The average molecular weight is 276 g/mol. The monoisotopic (exact) mass is 275 g/mol. The number of amides is 1. The van der Waals surface area contributed by atoms with Gasteiger partial charge in [0.1, 0.15) is 0 Å². The zero-order valence-electron chi connectivity index (χ0n) is 10.4. The lowest BCUT2D eigenvalue weighted by atomic mass is 9.96. The number of hydrogen-bond donors (Lipinski definition) is 1. The van der Waals surface area contributed by atoms with Crippen molar-refractivity contribution in [2.75, 3.05) is 6.54 Å². The summed E-state index contributed by atoms with van der Waals surface area (Å²) in [7, 11) is 0. The van der Waals surface area contributed by atoms with Crippen LogP contribution in [0.25, 0.3) is 0 Å². The molecule has 1 aromatic heterocycles. The van der Waals surface area contributed by atoms with Crippen LogP contribution in [0.3, 0.4) is 0 Å². The minimum absolute atomic E-state index is 0.0762. The maximum atomic E-state index is 11.8. The summed E-state index contributed by atoms with van der Waals surface area (Å²) < 4.78 is 5.07. The molecule has 1 aliphatic rings. The molecular formula is C15H14ClNO2. The number of benzene rings is 1. The van der Waals surface area contributed by atoms with Gasteiger partial charge in [0, 0.05) is 17.0 Å². The van der Waals surface area contributed by atoms with E-state index in [9.17, 15) is 4.79 Å². The van der Waals surface area contributed by atoms with E-state index in [1.165, 1.54) is 11.8 Å². The van der Waals surface area contributed by atoms with Gasteiger partial charge in [-0.3, -0.25) is 4.79 Å². The van der Waals surface area contributed by atoms with Crippen molar-refractivity contribution < 1.29 is 9.21 Å². The molecule has 4 heteroatoms. The van der Waals surface area contributed by atoms with E-state index in [1.54, 1.807) is 12.1 Å². The van der Waals surface area contributed by atoms with Crippen LogP contribution in [0.1, 0.15) is 29.0 Å². The van der Waals surface area contributed by atoms with E-state index in [2.05, 4.69) is 5.32 Å². The molecule has 0 atom stereocenters. The quantitative estimate of drug-likeness (QED) is 0.929. The highest BCUT2D eigenvalue weighted by Crippen LogP contribution is 2.47. The normalized spacial score (nSPS) is 16.1. The Morgan fingerprint density at radius 1 is 1.26 bits per heavy atom. The Hall–Kier alpha value is -1.74. The molecule has 1 saturated carbocycles. The van der Waals surface area contributed by atoms with Crippen LogP contribution in [0, 0.1) is 0 Å². The number of hydrogen-bond acceptors (Lipinski definition) is 2. The second-order valence-corrected chi connectivity index (χ2v) is 5.38. The third kappa shape index (κ3) is 2.51. The van der Waals surface area contributed by atoms with Crippen molar-refractivity contribution in [3.05, 3.63) is 59.0 Å². The molecule has 1 heterocycles. The molecule has 1 N–H and O–H groups in total. The van der Waals surface area contributed by atoms with Crippen molar-refractivity contribution in [1.29, 1.82) is 0 Å². The molecule has 1 aliphatic carbocycles. The summed E-state index contributed by atoms with van der Waals surface area (Å²) in [5.41, 5.74) is 1.31. The smallest absolute Gasteiger partial charge is 0.287 e. The van der Waals surface area contributed by atoms with Crippen molar-refractivity contribution in [3.8, 4) is 0 Å². The van der Waals surface area contributed by atoms with Gasteiger partial charge >= 0.3 is 0 Å². The topological polar surface area (TPSA) is 42.2 Å². The number of carbonyl (C=O) groups excluding carboxylic acids is 1. The standard InChI is InChI=1S/C15H14ClNO2/c16-12-5-3-11(4-6-12)15(7-8-15)10-17-14(18)13-2-1-9-19-13/h1-6,9H,7-8,10H2,(H,17,18). The Morgan fingerprint density at radius 3 is 2.58 bits per heavy atom. The van der Waals surface area contributed by atoms with Crippen molar-refractivity contribution in [2.24, 2.45) is 0 Å². The van der Waals surface area contributed by atoms with E-state index in [4.69, 9.17) is 16.0 Å². The zero-order valence-corrected chi connectivity index (χ0v) is 11.1. The summed E-state index contributed by atoms with van der Waals surface area (Å²) in [4.78, 5) is 11.8. The van der Waals surface area contributed by atoms with Gasteiger partial charge in [0.15, 0.2) is 5.76 Å². The summed E-state index contributed by atoms with van der Waals surface area (Å²) in [6, 6.07) is 11.2. The van der Waals surface area contributed by atoms with E-state index in [0.717, 1.165) is 17.9 Å². The lowest BCUT2D eigenvalue weighted by Crippen LogP contribution is -2.32. The molecule has 0 radical (unpaired) electrons. The van der Waals surface area contributed by atoms with Gasteiger partial charge in [-0.25, -0.2) is 0 Å². The predicted octanol–water partition coefficient (Wildman–Crippen LogP) is 3.39. The van der Waals surface area contributed by atoms with Crippen molar-refractivity contribution >= 4 is 17.5 Å². The van der Waals surface area contributed by atoms with Crippen LogP contribution in [0.4, 0.5) is 0 Å². The first-order chi connectivity index (χ1) is 9.20. The third-order valence-electron chi connectivity index (χ3n) is 3.64. The van der Waals surface area contributed by atoms with Crippen LogP contribution in [0.2, 0.25) is 5.02 Å². The van der Waals surface area contributed by atoms with Gasteiger partial charge in [0.25, 0.3) is 5.91 Å². The molecule has 19 heavy (non-hydrogen) atoms. The summed E-state index contributed by atoms with van der Waals surface area (Å²) in [6.07, 6.45) is 3.68. The lowest BCUT2D eigenvalue weighted by Gasteiger charge is -2.16. The minimum Gasteiger partial charge on any atom is -0.459 e. The summed E-state index contributed by atoms with van der Waals surface area (Å²) in [5, 5.41) is 3.67. The highest BCUT2D eigenvalue weighted by Gasteiger charge is 2.44. The van der Waals surface area contributed by atoms with Gasteiger partial charge in [-0.2, -0.15) is 0 Å². The van der Waals surface area contributed by atoms with Crippen LogP contribution in [-0.2, 0) is 5.41 Å². The Balaban J connectivity index is 1.66. The highest BCUT2D eigenvalue weighted by atomic mass is 35.5. The number of furan rings is 1. The first-order valence-corrected chi connectivity index (χ1v) is 6.65. The van der Waals surface area contributed by atoms with E-state index >= 15 is 0 Å². The Morgan fingerprint density at radius 2 is 2.00 bits per heavy atom. The maximum Gasteiger partial charge on any atom is 0.287 e. The molecule has 0 spiro atoms. The number of nitrogens with one attached hydrogen (secondary N) is 1. The highest BCUT2D eigenvalue weighted by molar-refractivity contribution is 6.30. The third-order valence-corrected chi connectivity index (χ3v) is 3.89. The minimum atomic E-state index is -0.162. The van der Waals surface area contributed by atoms with Gasteiger partial charge in [0.2, 0.25) is 0 Å². The van der Waals surface area contributed by atoms with E-state index in [0.29, 0.717) is 12.3 Å². The second kappa shape index (κ2) is 4.74. The van der Waals surface area contributed by atoms with Crippen LogP contribution >= 0.6 is 11.6 Å². The number of halogens is 1. The van der Waals surface area contributed by atoms with Crippen LogP contribution in [-0.4, -0.2) is 12.5 Å². The van der Waals surface area contributed by atoms with Crippen LogP contribution < -0.4 is 5.32 Å². The molecule has 3 rings (SSSR count). The van der Waals surface area contributed by atoms with E-state index < -0.39 is 0 Å². The van der Waals surface area contributed by atoms with Crippen LogP contribution in [0.15, 0.2) is 47.1 Å². The molecule has 98 valence electrons. The van der Waals surface area contributed by atoms with Crippen molar-refractivity contribution in [3.63, 3.8) is 0 Å². The van der Waals surface area contributed by atoms with Crippen LogP contribution in [0.5, 0.6) is 0 Å². The second-order valence-electron chi connectivity index (χ2n) is 4.95. The van der Waals surface area contributed by atoms with Crippen molar-refractivity contribution in [2.45, 2.75) is 18.3 Å². The molecule has 1 aromatic carbocycles. The maximum absolute atomic E-state index is 11.8. The number of carbonyl (C=O) groups is 1. The molecular weight excluding hydrogens is 262 g/mol. The van der Waals surface area contributed by atoms with E-state index in [-0.39, 0.29) is 11.3 Å². The fourth-order valence-electron chi connectivity index (χ4n) is 2.27. The molecule has 1 amide bonds. The zero-order chi connectivity index (χ0) is 13.3. The molecule has 2 aromatic rings. The average Bonchev–Trinajstić information content (AvgIpc) is 3.01. The van der Waals surface area contributed by atoms with Crippen molar-refractivity contribution in [1.82, 2.24) is 5.32 Å². The van der Waals surface area contributed by atoms with E-state index in [1.807, 2.05) is 24.3 Å². The largest absolute Gasteiger partial charge is 0.459 e. The summed E-state index contributed by atoms with van der Waals surface area (Å²) in [6.45, 7) is 0.633. The van der Waals surface area contributed by atoms with Gasteiger partial charge in [0.05, 0.1) is 6.26 Å². The fraction of sp³-hybridized carbons (Fsp3) is 0.267. The molecule has 0 unspecified atom stereocenters. The van der Waals surface area contributed by atoms with Gasteiger partial charge < -0.3 is 9.73 Å². The lowest BCUT2D eigenvalue weighted by molar-refractivity contribution is 0.0922. The first kappa shape index (κ1) is 12.3. The SMILES string of the molecule is O=C(NCC1(c2ccc(Cl)cc2)CC1)c1ccco1. The molecule has 0 aliphatic heterocycles. The summed E-state index contributed by atoms with van der Waals surface area (Å²) in [5.74, 6) is 0.192. The van der Waals surface area contributed by atoms with Gasteiger partial charge in [-0.05, 0) is 42.7 Å². The molecule has 3 nitrogen and oxygen atoms in total. The number of rotatable bonds is 4. The Bertz CT molecular complexity index is 571. The molecule has 1 fully saturated rings. The fourth-order valence-corrected chi connectivity index (χ4v) is 2.39. The Labute approximate surface area is 116 Å². The molecule has 0 saturated heterocycles. The summed E-state index contributed by atoms with van der Waals surface area (Å²) >= 11 is 5.90. The molecule has 0 bridgehead atoms. The Kier molecular flexibility index (Phi) is 3.07. The predicted molar refractivity (Wildman–Crippen MR) is 73.4 cm³/mol. The van der Waals surface area contributed by atoms with Gasteiger partial charge in [-0.15, -0.1) is 0 Å². The first-order valence-electron chi connectivity index (χ1n) is 6.27. The van der Waals surface area contributed by atoms with Gasteiger partial charge in [-0.1, -0.05) is 23.7 Å².